The van der Waals surface area contributed by atoms with Crippen LogP contribution in [0.3, 0.4) is 0 Å². The Morgan fingerprint density at radius 1 is 1.09 bits per heavy atom. The Hall–Kier alpha value is -3.95. The van der Waals surface area contributed by atoms with Crippen LogP contribution in [-0.2, 0) is 6.18 Å². The number of carbonyl (C=O) groups is 1. The van der Waals surface area contributed by atoms with Gasteiger partial charge < -0.3 is 9.42 Å². The van der Waals surface area contributed by atoms with Crippen molar-refractivity contribution in [3.63, 3.8) is 0 Å². The van der Waals surface area contributed by atoms with Crippen molar-refractivity contribution in [2.45, 2.75) is 19.0 Å². The summed E-state index contributed by atoms with van der Waals surface area (Å²) >= 11 is 0. The number of alkyl halides is 3. The van der Waals surface area contributed by atoms with Crippen molar-refractivity contribution in [1.82, 2.24) is 24.8 Å². The van der Waals surface area contributed by atoms with Crippen molar-refractivity contribution in [3.8, 4) is 17.1 Å². The third-order valence-electron chi connectivity index (χ3n) is 5.65. The van der Waals surface area contributed by atoms with E-state index in [4.69, 9.17) is 4.52 Å². The van der Waals surface area contributed by atoms with Crippen LogP contribution in [0.4, 0.5) is 13.2 Å². The van der Waals surface area contributed by atoms with Crippen molar-refractivity contribution in [2.75, 3.05) is 13.1 Å². The molecule has 33 heavy (non-hydrogen) atoms. The van der Waals surface area contributed by atoms with Crippen LogP contribution in [0.5, 0.6) is 0 Å². The second-order valence-electron chi connectivity index (χ2n) is 7.83. The maximum atomic E-state index is 13.0. The summed E-state index contributed by atoms with van der Waals surface area (Å²) in [7, 11) is 0. The fourth-order valence-electron chi connectivity index (χ4n) is 3.77. The van der Waals surface area contributed by atoms with Crippen molar-refractivity contribution in [2.24, 2.45) is 0 Å². The zero-order valence-corrected chi connectivity index (χ0v) is 17.5. The average Bonchev–Trinajstić information content (AvgIpc) is 3.40. The van der Waals surface area contributed by atoms with Gasteiger partial charge in [0.25, 0.3) is 5.91 Å². The van der Waals surface area contributed by atoms with Gasteiger partial charge in [0.1, 0.15) is 0 Å². The summed E-state index contributed by atoms with van der Waals surface area (Å²) in [5.74, 6) is 0.0537. The SMILES string of the molecule is Cc1c(C(=O)N2CC(c3nc(-c4cccc(C(F)(F)F)c4)no3)C2)cnn1-c1ccccc1. The minimum Gasteiger partial charge on any atom is -0.339 e. The molecule has 0 saturated carbocycles. The maximum absolute atomic E-state index is 13.0. The molecule has 3 heterocycles. The van der Waals surface area contributed by atoms with Gasteiger partial charge in [-0.15, -0.1) is 0 Å². The van der Waals surface area contributed by atoms with Crippen molar-refractivity contribution in [3.05, 3.63) is 83.5 Å². The van der Waals surface area contributed by atoms with Crippen LogP contribution in [0.2, 0.25) is 0 Å². The molecule has 0 atom stereocenters. The third-order valence-corrected chi connectivity index (χ3v) is 5.65. The highest BCUT2D eigenvalue weighted by atomic mass is 19.4. The average molecular weight is 453 g/mol. The lowest BCUT2D eigenvalue weighted by Gasteiger charge is -2.36. The highest BCUT2D eigenvalue weighted by Crippen LogP contribution is 2.33. The molecular formula is C23H18F3N5O2. The first-order chi connectivity index (χ1) is 15.8. The summed E-state index contributed by atoms with van der Waals surface area (Å²) in [5, 5.41) is 8.16. The highest BCUT2D eigenvalue weighted by molar-refractivity contribution is 5.95. The van der Waals surface area contributed by atoms with Gasteiger partial charge in [-0.05, 0) is 31.2 Å². The van der Waals surface area contributed by atoms with Gasteiger partial charge in [-0.1, -0.05) is 35.5 Å². The van der Waals surface area contributed by atoms with E-state index >= 15 is 0 Å². The molecule has 5 rings (SSSR count). The van der Waals surface area contributed by atoms with Crippen LogP contribution in [0.25, 0.3) is 17.1 Å². The summed E-state index contributed by atoms with van der Waals surface area (Å²) in [5.41, 5.74) is 1.55. The molecule has 0 radical (unpaired) electrons. The summed E-state index contributed by atoms with van der Waals surface area (Å²) in [6.45, 7) is 2.59. The molecule has 168 valence electrons. The quantitative estimate of drug-likeness (QED) is 0.455. The van der Waals surface area contributed by atoms with Crippen LogP contribution in [-0.4, -0.2) is 43.8 Å². The van der Waals surface area contributed by atoms with E-state index in [1.165, 1.54) is 12.1 Å². The fraction of sp³-hybridized carbons (Fsp3) is 0.217. The van der Waals surface area contributed by atoms with Gasteiger partial charge in [0, 0.05) is 18.7 Å². The molecule has 1 fully saturated rings. The number of para-hydroxylation sites is 1. The number of amides is 1. The standard InChI is InChI=1S/C23H18F3N5O2/c1-14-19(11-27-31(14)18-8-3-2-4-9-18)22(32)30-12-16(13-30)21-28-20(29-33-21)15-6-5-7-17(10-15)23(24,25)26/h2-11,16H,12-13H2,1H3. The second kappa shape index (κ2) is 7.88. The Morgan fingerprint density at radius 3 is 2.58 bits per heavy atom. The predicted molar refractivity (Wildman–Crippen MR) is 112 cm³/mol. The lowest BCUT2D eigenvalue weighted by atomic mass is 9.99. The number of benzene rings is 2. The molecule has 10 heteroatoms. The van der Waals surface area contributed by atoms with Crippen LogP contribution < -0.4 is 0 Å². The van der Waals surface area contributed by atoms with E-state index in [1.54, 1.807) is 15.8 Å². The first-order valence-electron chi connectivity index (χ1n) is 10.2. The van der Waals surface area contributed by atoms with Crippen LogP contribution in [0.1, 0.15) is 33.4 Å². The first kappa shape index (κ1) is 20.9. The number of hydrogen-bond acceptors (Lipinski definition) is 5. The molecule has 0 unspecified atom stereocenters. The summed E-state index contributed by atoms with van der Waals surface area (Å²) in [6.07, 6.45) is -2.90. The summed E-state index contributed by atoms with van der Waals surface area (Å²) in [4.78, 5) is 18.8. The van der Waals surface area contributed by atoms with Crippen LogP contribution in [0.15, 0.2) is 65.3 Å². The Bertz CT molecular complexity index is 1310. The Morgan fingerprint density at radius 2 is 1.85 bits per heavy atom. The Kier molecular flexibility index (Phi) is 4.99. The van der Waals surface area contributed by atoms with E-state index in [0.717, 1.165) is 23.5 Å². The molecule has 2 aromatic heterocycles. The number of likely N-dealkylation sites (tertiary alicyclic amines) is 1. The van der Waals surface area contributed by atoms with E-state index in [2.05, 4.69) is 15.2 Å². The highest BCUT2D eigenvalue weighted by Gasteiger charge is 2.37. The Labute approximate surface area is 186 Å². The number of halogens is 3. The molecule has 0 N–H and O–H groups in total. The van der Waals surface area contributed by atoms with Gasteiger partial charge in [-0.2, -0.15) is 23.3 Å². The Balaban J connectivity index is 1.27. The number of carbonyl (C=O) groups excluding carboxylic acids is 1. The van der Waals surface area contributed by atoms with E-state index < -0.39 is 11.7 Å². The lowest BCUT2D eigenvalue weighted by Crippen LogP contribution is -2.48. The molecule has 1 aliphatic rings. The predicted octanol–water partition coefficient (Wildman–Crippen LogP) is 4.49. The molecule has 2 aromatic carbocycles. The number of aromatic nitrogens is 4. The molecular weight excluding hydrogens is 435 g/mol. The van der Waals surface area contributed by atoms with Gasteiger partial charge in [-0.25, -0.2) is 4.68 Å². The zero-order valence-electron chi connectivity index (χ0n) is 17.5. The molecule has 0 aliphatic carbocycles. The van der Waals surface area contributed by atoms with Gasteiger partial charge in [0.15, 0.2) is 0 Å². The molecule has 1 aliphatic heterocycles. The van der Waals surface area contributed by atoms with E-state index in [1.807, 2.05) is 37.3 Å². The monoisotopic (exact) mass is 453 g/mol. The largest absolute Gasteiger partial charge is 0.416 e. The van der Waals surface area contributed by atoms with Crippen LogP contribution >= 0.6 is 0 Å². The second-order valence-corrected chi connectivity index (χ2v) is 7.83. The van der Waals surface area contributed by atoms with E-state index in [9.17, 15) is 18.0 Å². The normalized spacial score (nSPS) is 14.4. The fourth-order valence-corrected chi connectivity index (χ4v) is 3.77. The van der Waals surface area contributed by atoms with E-state index in [-0.39, 0.29) is 23.2 Å². The number of nitrogens with zero attached hydrogens (tertiary/aromatic N) is 5. The minimum absolute atomic E-state index is 0.0841. The number of hydrogen-bond donors (Lipinski definition) is 0. The van der Waals surface area contributed by atoms with Gasteiger partial charge in [-0.3, -0.25) is 4.79 Å². The smallest absolute Gasteiger partial charge is 0.339 e. The van der Waals surface area contributed by atoms with E-state index in [0.29, 0.717) is 24.5 Å². The topological polar surface area (TPSA) is 77.1 Å². The molecule has 1 saturated heterocycles. The number of rotatable bonds is 4. The van der Waals surface area contributed by atoms with Crippen LogP contribution in [0, 0.1) is 6.92 Å². The van der Waals surface area contributed by atoms with Gasteiger partial charge >= 0.3 is 6.18 Å². The zero-order chi connectivity index (χ0) is 23.2. The summed E-state index contributed by atoms with van der Waals surface area (Å²) < 4.78 is 45.9. The van der Waals surface area contributed by atoms with Gasteiger partial charge in [0.2, 0.25) is 11.7 Å². The maximum Gasteiger partial charge on any atom is 0.416 e. The third kappa shape index (κ3) is 3.88. The van der Waals surface area contributed by atoms with Crippen molar-refractivity contribution < 1.29 is 22.5 Å². The lowest BCUT2D eigenvalue weighted by molar-refractivity contribution is -0.137. The molecule has 0 bridgehead atoms. The van der Waals surface area contributed by atoms with Crippen molar-refractivity contribution >= 4 is 5.91 Å². The molecule has 7 nitrogen and oxygen atoms in total. The minimum atomic E-state index is -4.45. The first-order valence-corrected chi connectivity index (χ1v) is 10.2. The molecule has 4 aromatic rings. The van der Waals surface area contributed by atoms with Gasteiger partial charge in [0.05, 0.1) is 34.6 Å². The van der Waals surface area contributed by atoms with Crippen molar-refractivity contribution in [1.29, 1.82) is 0 Å². The molecule has 0 spiro atoms. The molecule has 1 amide bonds. The summed E-state index contributed by atoms with van der Waals surface area (Å²) in [6, 6.07) is 14.3.